The first-order valence-corrected chi connectivity index (χ1v) is 11.8. The number of nitrogens with zero attached hydrogens (tertiary/aromatic N) is 2. The number of para-hydroxylation sites is 1. The van der Waals surface area contributed by atoms with Crippen LogP contribution in [0.5, 0.6) is 0 Å². The molecule has 1 fully saturated rings. The molecule has 2 unspecified atom stereocenters. The minimum atomic E-state index is -4.04. The number of sulfonamides is 1. The number of amides is 1. The van der Waals surface area contributed by atoms with Gasteiger partial charge in [0.1, 0.15) is 6.04 Å². The van der Waals surface area contributed by atoms with Gasteiger partial charge in [-0.1, -0.05) is 24.3 Å². The van der Waals surface area contributed by atoms with Crippen LogP contribution in [-0.2, 0) is 24.3 Å². The van der Waals surface area contributed by atoms with Crippen molar-refractivity contribution in [3.63, 3.8) is 0 Å². The van der Waals surface area contributed by atoms with Gasteiger partial charge >= 0.3 is 5.97 Å². The van der Waals surface area contributed by atoms with E-state index in [1.807, 2.05) is 13.0 Å². The number of benzene rings is 2. The number of ether oxygens (including phenoxy) is 1. The van der Waals surface area contributed by atoms with Crippen LogP contribution in [0.1, 0.15) is 24.5 Å². The van der Waals surface area contributed by atoms with Gasteiger partial charge in [0.05, 0.1) is 11.0 Å². The third kappa shape index (κ3) is 4.85. The van der Waals surface area contributed by atoms with Gasteiger partial charge in [-0.15, -0.1) is 0 Å². The van der Waals surface area contributed by atoms with E-state index in [-0.39, 0.29) is 17.9 Å². The van der Waals surface area contributed by atoms with Gasteiger partial charge in [0.15, 0.2) is 6.10 Å². The van der Waals surface area contributed by atoms with Crippen LogP contribution in [-0.4, -0.2) is 61.5 Å². The van der Waals surface area contributed by atoms with Crippen LogP contribution in [0.25, 0.3) is 0 Å². The van der Waals surface area contributed by atoms with Crippen LogP contribution in [0.4, 0.5) is 5.69 Å². The molecular weight excluding hydrogens is 432 g/mol. The van der Waals surface area contributed by atoms with Gasteiger partial charge in [-0.05, 0) is 56.2 Å². The van der Waals surface area contributed by atoms with Crippen molar-refractivity contribution in [3.8, 4) is 0 Å². The molecule has 1 saturated heterocycles. The summed E-state index contributed by atoms with van der Waals surface area (Å²) < 4.78 is 32.7. The SMILES string of the molecule is Cc1ccc(S(=O)(=O)N2CC(O)C[C@H]2C(=O)OC(C)C(=O)N(C)c2ccccc2)cc1C. The summed E-state index contributed by atoms with van der Waals surface area (Å²) in [4.78, 5) is 27.0. The number of hydrogen-bond acceptors (Lipinski definition) is 6. The minimum absolute atomic E-state index is 0.0421. The number of aliphatic hydroxyl groups is 1. The van der Waals surface area contributed by atoms with E-state index in [1.165, 1.54) is 17.9 Å². The van der Waals surface area contributed by atoms with Crippen LogP contribution >= 0.6 is 0 Å². The van der Waals surface area contributed by atoms with Gasteiger partial charge in [-0.25, -0.2) is 8.42 Å². The van der Waals surface area contributed by atoms with E-state index in [4.69, 9.17) is 4.74 Å². The Morgan fingerprint density at radius 1 is 1.12 bits per heavy atom. The van der Waals surface area contributed by atoms with Gasteiger partial charge in [-0.3, -0.25) is 9.59 Å². The molecular formula is C23H28N2O6S. The fraction of sp³-hybridized carbons (Fsp3) is 0.391. The third-order valence-corrected chi connectivity index (χ3v) is 7.58. The maximum atomic E-state index is 13.2. The Balaban J connectivity index is 1.77. The van der Waals surface area contributed by atoms with Crippen LogP contribution in [0.15, 0.2) is 53.4 Å². The summed E-state index contributed by atoms with van der Waals surface area (Å²) in [5, 5.41) is 10.1. The highest BCUT2D eigenvalue weighted by Gasteiger charge is 2.45. The summed E-state index contributed by atoms with van der Waals surface area (Å²) in [6.45, 7) is 4.89. The molecule has 9 heteroatoms. The van der Waals surface area contributed by atoms with Gasteiger partial charge in [-0.2, -0.15) is 4.31 Å². The first kappa shape index (κ1) is 23.9. The van der Waals surface area contributed by atoms with Crippen LogP contribution in [0.3, 0.4) is 0 Å². The summed E-state index contributed by atoms with van der Waals surface area (Å²) >= 11 is 0. The number of likely N-dealkylation sites (N-methyl/N-ethyl adjacent to an activating group) is 1. The standard InChI is InChI=1S/C23H28N2O6S/c1-15-10-11-20(12-16(15)2)32(29,30)25-14-19(26)13-21(25)23(28)31-17(3)22(27)24(4)18-8-6-5-7-9-18/h5-12,17,19,21,26H,13-14H2,1-4H3/t17?,19?,21-/m0/s1. The normalized spacial score (nSPS) is 20.0. The first-order valence-electron chi connectivity index (χ1n) is 10.3. The van der Waals surface area contributed by atoms with Crippen molar-refractivity contribution < 1.29 is 27.9 Å². The average Bonchev–Trinajstić information content (AvgIpc) is 3.17. The number of esters is 1. The van der Waals surface area contributed by atoms with E-state index < -0.39 is 40.1 Å². The zero-order valence-corrected chi connectivity index (χ0v) is 19.4. The van der Waals surface area contributed by atoms with Crippen molar-refractivity contribution in [2.75, 3.05) is 18.5 Å². The molecule has 0 aliphatic carbocycles. The van der Waals surface area contributed by atoms with Crippen molar-refractivity contribution >= 4 is 27.6 Å². The molecule has 1 aliphatic heterocycles. The second-order valence-electron chi connectivity index (χ2n) is 8.04. The molecule has 1 aliphatic rings. The van der Waals surface area contributed by atoms with E-state index in [1.54, 1.807) is 50.4 Å². The lowest BCUT2D eigenvalue weighted by molar-refractivity contribution is -0.157. The Morgan fingerprint density at radius 3 is 2.41 bits per heavy atom. The van der Waals surface area contributed by atoms with Crippen molar-refractivity contribution in [2.24, 2.45) is 0 Å². The zero-order valence-electron chi connectivity index (χ0n) is 18.6. The molecule has 172 valence electrons. The van der Waals surface area contributed by atoms with Gasteiger partial charge in [0.2, 0.25) is 10.0 Å². The fourth-order valence-electron chi connectivity index (χ4n) is 3.63. The number of hydrogen-bond donors (Lipinski definition) is 1. The number of anilines is 1. The Labute approximate surface area is 188 Å². The molecule has 0 spiro atoms. The molecule has 0 aromatic heterocycles. The molecule has 1 amide bonds. The molecule has 0 radical (unpaired) electrons. The highest BCUT2D eigenvalue weighted by atomic mass is 32.2. The number of β-amino-alcohol motifs (C(OH)–C–C–N with tert-alkyl or cyclic N) is 1. The molecule has 2 aromatic rings. The monoisotopic (exact) mass is 460 g/mol. The quantitative estimate of drug-likeness (QED) is 0.662. The predicted octanol–water partition coefficient (Wildman–Crippen LogP) is 2.02. The molecule has 32 heavy (non-hydrogen) atoms. The smallest absolute Gasteiger partial charge is 0.325 e. The van der Waals surface area contributed by atoms with Crippen LogP contribution < -0.4 is 4.90 Å². The summed E-state index contributed by atoms with van der Waals surface area (Å²) in [7, 11) is -2.48. The maximum absolute atomic E-state index is 13.2. The van der Waals surface area contributed by atoms with E-state index in [9.17, 15) is 23.1 Å². The summed E-state index contributed by atoms with van der Waals surface area (Å²) in [6.07, 6.45) is -2.23. The highest BCUT2D eigenvalue weighted by Crippen LogP contribution is 2.28. The molecule has 2 aromatic carbocycles. The lowest BCUT2D eigenvalue weighted by Crippen LogP contribution is -2.44. The number of carbonyl (C=O) groups is 2. The van der Waals surface area contributed by atoms with E-state index in [0.29, 0.717) is 5.69 Å². The Kier molecular flexibility index (Phi) is 7.02. The second-order valence-corrected chi connectivity index (χ2v) is 9.93. The largest absolute Gasteiger partial charge is 0.451 e. The van der Waals surface area contributed by atoms with Crippen LogP contribution in [0, 0.1) is 13.8 Å². The number of carbonyl (C=O) groups excluding carboxylic acids is 2. The zero-order chi connectivity index (χ0) is 23.6. The number of aryl methyl sites for hydroxylation is 2. The van der Waals surface area contributed by atoms with E-state index in [0.717, 1.165) is 15.4 Å². The van der Waals surface area contributed by atoms with Crippen molar-refractivity contribution in [2.45, 2.75) is 50.3 Å². The van der Waals surface area contributed by atoms with Crippen molar-refractivity contribution in [3.05, 3.63) is 59.7 Å². The predicted molar refractivity (Wildman–Crippen MR) is 120 cm³/mol. The third-order valence-electron chi connectivity index (χ3n) is 5.71. The van der Waals surface area contributed by atoms with Crippen molar-refractivity contribution in [1.82, 2.24) is 4.31 Å². The Morgan fingerprint density at radius 2 is 1.78 bits per heavy atom. The lowest BCUT2D eigenvalue weighted by Gasteiger charge is -2.26. The summed E-state index contributed by atoms with van der Waals surface area (Å²) in [5.74, 6) is -1.32. The molecule has 3 atom stereocenters. The molecule has 1 N–H and O–H groups in total. The maximum Gasteiger partial charge on any atom is 0.325 e. The fourth-order valence-corrected chi connectivity index (χ4v) is 5.34. The average molecular weight is 461 g/mol. The van der Waals surface area contributed by atoms with E-state index >= 15 is 0 Å². The number of rotatable bonds is 6. The second kappa shape index (κ2) is 9.40. The topological polar surface area (TPSA) is 104 Å². The minimum Gasteiger partial charge on any atom is -0.451 e. The number of aliphatic hydroxyl groups excluding tert-OH is 1. The molecule has 8 nitrogen and oxygen atoms in total. The van der Waals surface area contributed by atoms with Crippen molar-refractivity contribution in [1.29, 1.82) is 0 Å². The Bertz CT molecular complexity index is 1100. The molecule has 0 bridgehead atoms. The molecule has 1 heterocycles. The molecule has 3 rings (SSSR count). The first-order chi connectivity index (χ1) is 15.0. The van der Waals surface area contributed by atoms with E-state index in [2.05, 4.69) is 0 Å². The Hall–Kier alpha value is -2.75. The van der Waals surface area contributed by atoms with Gasteiger partial charge in [0, 0.05) is 25.7 Å². The summed E-state index contributed by atoms with van der Waals surface area (Å²) in [6, 6.07) is 12.4. The van der Waals surface area contributed by atoms with Gasteiger partial charge < -0.3 is 14.7 Å². The summed E-state index contributed by atoms with van der Waals surface area (Å²) in [5.41, 5.74) is 2.37. The van der Waals surface area contributed by atoms with Crippen LogP contribution in [0.2, 0.25) is 0 Å². The molecule has 0 saturated carbocycles. The lowest BCUT2D eigenvalue weighted by atomic mass is 10.1. The van der Waals surface area contributed by atoms with Gasteiger partial charge in [0.25, 0.3) is 5.91 Å². The highest BCUT2D eigenvalue weighted by molar-refractivity contribution is 7.89.